The first kappa shape index (κ1) is 20.9. The third-order valence-corrected chi connectivity index (χ3v) is 4.75. The lowest BCUT2D eigenvalue weighted by Gasteiger charge is -2.21. The molecule has 6 nitrogen and oxygen atoms in total. The number of hydrogen-bond donors (Lipinski definition) is 2. The molecule has 0 spiro atoms. The van der Waals surface area contributed by atoms with Crippen molar-refractivity contribution in [1.29, 1.82) is 0 Å². The molecule has 3 rings (SSSR count). The van der Waals surface area contributed by atoms with Gasteiger partial charge in [-0.25, -0.2) is 9.53 Å². The number of carbonyl (C=O) groups is 1. The Hall–Kier alpha value is -2.80. The summed E-state index contributed by atoms with van der Waals surface area (Å²) in [6, 6.07) is 14.5. The molecule has 152 valence electrons. The molecular weight excluding hydrogens is 434 g/mol. The molecule has 29 heavy (non-hydrogen) atoms. The molecular formula is C22H24BrN3O3. The Morgan fingerprint density at radius 2 is 2.00 bits per heavy atom. The van der Waals surface area contributed by atoms with Crippen molar-refractivity contribution < 1.29 is 14.3 Å². The summed E-state index contributed by atoms with van der Waals surface area (Å²) in [5.74, 6) is 0. The smallest absolute Gasteiger partial charge is 0.407 e. The number of benzene rings is 2. The molecule has 0 aliphatic rings. The Labute approximate surface area is 178 Å². The lowest BCUT2D eigenvalue weighted by molar-refractivity contribution is -0.500. The zero-order chi connectivity index (χ0) is 21.0. The third-order valence-electron chi connectivity index (χ3n) is 4.26. The highest BCUT2D eigenvalue weighted by molar-refractivity contribution is 9.10. The third kappa shape index (κ3) is 5.60. The van der Waals surface area contributed by atoms with Crippen LogP contribution in [0.2, 0.25) is 0 Å². The largest absolute Gasteiger partial charge is 0.623 e. The van der Waals surface area contributed by atoms with Gasteiger partial charge < -0.3 is 20.2 Å². The van der Waals surface area contributed by atoms with E-state index in [1.807, 2.05) is 54.7 Å². The van der Waals surface area contributed by atoms with E-state index >= 15 is 0 Å². The van der Waals surface area contributed by atoms with Crippen LogP contribution in [0, 0.1) is 5.21 Å². The molecule has 0 fully saturated rings. The van der Waals surface area contributed by atoms with E-state index in [2.05, 4.69) is 26.2 Å². The van der Waals surface area contributed by atoms with Crippen molar-refractivity contribution in [3.05, 3.63) is 75.5 Å². The molecule has 1 atom stereocenters. The SMILES string of the molecule is CC(C)(C)OC(=O)NCC(c1c[nH]c2cc(Br)ccc12)/[N+]([O-])=C/c1ccccc1. The maximum Gasteiger partial charge on any atom is 0.407 e. The number of rotatable bonds is 5. The van der Waals surface area contributed by atoms with E-state index in [0.29, 0.717) is 0 Å². The van der Waals surface area contributed by atoms with Crippen LogP contribution in [0.1, 0.15) is 37.9 Å². The standard InChI is InChI=1S/C22H24BrN3O3/c1-22(2,3)29-21(27)25-13-20(26(28)14-15-7-5-4-6-8-15)18-12-24-19-11-16(23)9-10-17(18)19/h4-12,14,20,24H,13H2,1-3H3,(H,25,27)/b26-14-. The maximum atomic E-state index is 13.1. The number of H-pyrrole nitrogens is 1. The molecule has 1 heterocycles. The summed E-state index contributed by atoms with van der Waals surface area (Å²) in [7, 11) is 0. The molecule has 0 aliphatic heterocycles. The number of nitrogens with one attached hydrogen (secondary N) is 2. The molecule has 1 unspecified atom stereocenters. The van der Waals surface area contributed by atoms with Crippen molar-refractivity contribution >= 4 is 39.1 Å². The highest BCUT2D eigenvalue weighted by Gasteiger charge is 2.25. The Bertz CT molecular complexity index is 1020. The average molecular weight is 458 g/mol. The maximum absolute atomic E-state index is 13.1. The minimum atomic E-state index is -0.627. The Morgan fingerprint density at radius 3 is 2.69 bits per heavy atom. The molecule has 3 aromatic rings. The topological polar surface area (TPSA) is 80.2 Å². The summed E-state index contributed by atoms with van der Waals surface area (Å²) in [5, 5.41) is 16.7. The molecule has 0 bridgehead atoms. The first-order valence-corrected chi connectivity index (χ1v) is 10.1. The Balaban J connectivity index is 1.92. The number of ether oxygens (including phenoxy) is 1. The second-order valence-corrected chi connectivity index (χ2v) is 8.65. The van der Waals surface area contributed by atoms with E-state index < -0.39 is 17.7 Å². The van der Waals surface area contributed by atoms with E-state index in [9.17, 15) is 10.0 Å². The van der Waals surface area contributed by atoms with Gasteiger partial charge in [-0.2, -0.15) is 0 Å². The molecule has 1 aromatic heterocycles. The Kier molecular flexibility index (Phi) is 6.27. The number of aromatic amines is 1. The van der Waals surface area contributed by atoms with Crippen LogP contribution in [0.25, 0.3) is 10.9 Å². The van der Waals surface area contributed by atoms with Crippen LogP contribution in [-0.4, -0.2) is 34.2 Å². The van der Waals surface area contributed by atoms with E-state index in [0.717, 1.165) is 31.2 Å². The van der Waals surface area contributed by atoms with Crippen LogP contribution in [0.4, 0.5) is 4.79 Å². The van der Waals surface area contributed by atoms with Crippen LogP contribution in [0.15, 0.2) is 59.2 Å². The normalized spacial score (nSPS) is 13.3. The number of fused-ring (bicyclic) bond motifs is 1. The Morgan fingerprint density at radius 1 is 1.28 bits per heavy atom. The number of carbonyl (C=O) groups excluding carboxylic acids is 1. The summed E-state index contributed by atoms with van der Waals surface area (Å²) in [6.45, 7) is 5.49. The fourth-order valence-corrected chi connectivity index (χ4v) is 3.36. The molecule has 7 heteroatoms. The number of amides is 1. The molecule has 2 N–H and O–H groups in total. The average Bonchev–Trinajstić information content (AvgIpc) is 3.04. The van der Waals surface area contributed by atoms with Gasteiger partial charge in [0.15, 0.2) is 6.21 Å². The van der Waals surface area contributed by atoms with Crippen molar-refractivity contribution in [2.75, 3.05) is 6.54 Å². The predicted molar refractivity (Wildman–Crippen MR) is 118 cm³/mol. The quantitative estimate of drug-likeness (QED) is 0.241. The van der Waals surface area contributed by atoms with E-state index in [1.54, 1.807) is 20.8 Å². The summed E-state index contributed by atoms with van der Waals surface area (Å²) in [6.07, 6.45) is 2.78. The van der Waals surface area contributed by atoms with Gasteiger partial charge in [-0.05, 0) is 45.0 Å². The van der Waals surface area contributed by atoms with Crippen LogP contribution in [0.3, 0.4) is 0 Å². The van der Waals surface area contributed by atoms with Crippen molar-refractivity contribution in [3.63, 3.8) is 0 Å². The van der Waals surface area contributed by atoms with Gasteiger partial charge in [-0.1, -0.05) is 40.2 Å². The number of hydroxylamine groups is 1. The zero-order valence-electron chi connectivity index (χ0n) is 16.6. The second-order valence-electron chi connectivity index (χ2n) is 7.73. The van der Waals surface area contributed by atoms with Crippen LogP contribution < -0.4 is 5.32 Å². The zero-order valence-corrected chi connectivity index (χ0v) is 18.2. The minimum absolute atomic E-state index is 0.102. The summed E-state index contributed by atoms with van der Waals surface area (Å²) >= 11 is 3.46. The van der Waals surface area contributed by atoms with E-state index in [4.69, 9.17) is 4.74 Å². The molecule has 1 amide bonds. The highest BCUT2D eigenvalue weighted by Crippen LogP contribution is 2.28. The number of nitrogens with zero attached hydrogens (tertiary/aromatic N) is 1. The number of hydrogen-bond acceptors (Lipinski definition) is 3. The summed E-state index contributed by atoms with van der Waals surface area (Å²) < 4.78 is 7.13. The molecule has 0 aliphatic carbocycles. The first-order valence-electron chi connectivity index (χ1n) is 9.32. The van der Waals surface area contributed by atoms with E-state index in [1.165, 1.54) is 6.21 Å². The van der Waals surface area contributed by atoms with Crippen molar-refractivity contribution in [2.45, 2.75) is 32.4 Å². The predicted octanol–water partition coefficient (Wildman–Crippen LogP) is 5.13. The summed E-state index contributed by atoms with van der Waals surface area (Å²) in [4.78, 5) is 15.3. The van der Waals surface area contributed by atoms with Gasteiger partial charge in [0, 0.05) is 32.7 Å². The monoisotopic (exact) mass is 457 g/mol. The van der Waals surface area contributed by atoms with Crippen LogP contribution >= 0.6 is 15.9 Å². The van der Waals surface area contributed by atoms with Crippen molar-refractivity contribution in [2.24, 2.45) is 0 Å². The van der Waals surface area contributed by atoms with Gasteiger partial charge >= 0.3 is 6.09 Å². The van der Waals surface area contributed by atoms with E-state index in [-0.39, 0.29) is 6.54 Å². The molecule has 0 radical (unpaired) electrons. The summed E-state index contributed by atoms with van der Waals surface area (Å²) in [5.41, 5.74) is 1.88. The van der Waals surface area contributed by atoms with Gasteiger partial charge in [-0.15, -0.1) is 0 Å². The van der Waals surface area contributed by atoms with Crippen molar-refractivity contribution in [1.82, 2.24) is 10.3 Å². The number of alkyl carbamates (subject to hydrolysis) is 1. The van der Waals surface area contributed by atoms with Gasteiger partial charge in [0.2, 0.25) is 6.04 Å². The van der Waals surface area contributed by atoms with Crippen LogP contribution in [-0.2, 0) is 4.74 Å². The molecule has 0 saturated carbocycles. The fraction of sp³-hybridized carbons (Fsp3) is 0.273. The van der Waals surface area contributed by atoms with Crippen molar-refractivity contribution in [3.8, 4) is 0 Å². The molecule has 0 saturated heterocycles. The lowest BCUT2D eigenvalue weighted by atomic mass is 10.1. The first-order chi connectivity index (χ1) is 13.7. The van der Waals surface area contributed by atoms with Gasteiger partial charge in [0.05, 0.1) is 6.54 Å². The number of halogens is 1. The fourth-order valence-electron chi connectivity index (χ4n) is 3.00. The second kappa shape index (κ2) is 8.69. The number of aromatic nitrogens is 1. The molecule has 2 aromatic carbocycles. The van der Waals surface area contributed by atoms with Gasteiger partial charge in [-0.3, -0.25) is 0 Å². The van der Waals surface area contributed by atoms with Gasteiger partial charge in [0.1, 0.15) is 5.60 Å². The van der Waals surface area contributed by atoms with Crippen LogP contribution in [0.5, 0.6) is 0 Å². The minimum Gasteiger partial charge on any atom is -0.623 e. The van der Waals surface area contributed by atoms with Gasteiger partial charge in [0.25, 0.3) is 0 Å². The highest BCUT2D eigenvalue weighted by atomic mass is 79.9. The lowest BCUT2D eigenvalue weighted by Crippen LogP contribution is -2.36.